The molecular formula is C16H22N2O. The highest BCUT2D eigenvalue weighted by Crippen LogP contribution is 2.38. The van der Waals surface area contributed by atoms with Gasteiger partial charge in [-0.2, -0.15) is 5.26 Å². The Morgan fingerprint density at radius 1 is 1.37 bits per heavy atom. The summed E-state index contributed by atoms with van der Waals surface area (Å²) in [4.78, 5) is 2.43. The molecule has 1 heterocycles. The van der Waals surface area contributed by atoms with Crippen LogP contribution in [0.4, 0.5) is 5.69 Å². The van der Waals surface area contributed by atoms with E-state index in [9.17, 15) is 0 Å². The van der Waals surface area contributed by atoms with E-state index in [4.69, 9.17) is 10.00 Å². The van der Waals surface area contributed by atoms with Crippen LogP contribution >= 0.6 is 0 Å². The average molecular weight is 258 g/mol. The van der Waals surface area contributed by atoms with Gasteiger partial charge in [0.1, 0.15) is 5.75 Å². The second kappa shape index (κ2) is 5.52. The quantitative estimate of drug-likeness (QED) is 0.831. The molecule has 0 saturated carbocycles. The zero-order valence-electron chi connectivity index (χ0n) is 12.0. The number of methoxy groups -OCH3 is 1. The zero-order valence-corrected chi connectivity index (χ0v) is 12.0. The van der Waals surface area contributed by atoms with Gasteiger partial charge in [-0.15, -0.1) is 0 Å². The molecule has 0 aliphatic carbocycles. The first kappa shape index (κ1) is 13.7. The second-order valence-corrected chi connectivity index (χ2v) is 5.70. The lowest BCUT2D eigenvalue weighted by Gasteiger charge is -2.49. The van der Waals surface area contributed by atoms with Crippen molar-refractivity contribution >= 4 is 5.69 Å². The van der Waals surface area contributed by atoms with E-state index >= 15 is 0 Å². The topological polar surface area (TPSA) is 36.3 Å². The lowest BCUT2D eigenvalue weighted by Crippen LogP contribution is -2.53. The van der Waals surface area contributed by atoms with Gasteiger partial charge in [-0.3, -0.25) is 0 Å². The van der Waals surface area contributed by atoms with E-state index in [1.807, 2.05) is 12.1 Å². The van der Waals surface area contributed by atoms with E-state index in [-0.39, 0.29) is 5.54 Å². The molecule has 1 aliphatic heterocycles. The van der Waals surface area contributed by atoms with E-state index in [2.05, 4.69) is 36.9 Å². The standard InChI is InChI=1S/C16H22N2O/c1-16(2)13(10-11-17)5-4-12-18(16)14-6-8-15(19-3)9-7-14/h6-9,13H,4-5,10,12H2,1-3H3. The summed E-state index contributed by atoms with van der Waals surface area (Å²) >= 11 is 0. The van der Waals surface area contributed by atoms with Crippen LogP contribution in [0, 0.1) is 17.2 Å². The molecule has 1 aromatic rings. The van der Waals surface area contributed by atoms with Crippen molar-refractivity contribution in [1.82, 2.24) is 0 Å². The maximum atomic E-state index is 8.99. The maximum absolute atomic E-state index is 8.99. The summed E-state index contributed by atoms with van der Waals surface area (Å²) in [6, 6.07) is 10.5. The van der Waals surface area contributed by atoms with Gasteiger partial charge in [-0.05, 0) is 56.9 Å². The molecule has 3 nitrogen and oxygen atoms in total. The average Bonchev–Trinajstić information content (AvgIpc) is 2.41. The number of piperidine rings is 1. The fourth-order valence-corrected chi connectivity index (χ4v) is 3.04. The van der Waals surface area contributed by atoms with Gasteiger partial charge in [0.15, 0.2) is 0 Å². The van der Waals surface area contributed by atoms with Crippen LogP contribution in [0.2, 0.25) is 0 Å². The van der Waals surface area contributed by atoms with Gasteiger partial charge < -0.3 is 9.64 Å². The molecule has 1 fully saturated rings. The number of rotatable bonds is 3. The Morgan fingerprint density at radius 2 is 2.05 bits per heavy atom. The number of anilines is 1. The van der Waals surface area contributed by atoms with Crippen LogP contribution in [0.3, 0.4) is 0 Å². The van der Waals surface area contributed by atoms with Gasteiger partial charge in [-0.25, -0.2) is 0 Å². The second-order valence-electron chi connectivity index (χ2n) is 5.70. The van der Waals surface area contributed by atoms with Crippen LogP contribution in [-0.4, -0.2) is 19.2 Å². The predicted octanol–water partition coefficient (Wildman–Crippen LogP) is 3.60. The molecule has 0 amide bonds. The molecule has 2 rings (SSSR count). The van der Waals surface area contributed by atoms with Crippen LogP contribution in [0.5, 0.6) is 5.75 Å². The number of nitrogens with zero attached hydrogens (tertiary/aromatic N) is 2. The fraction of sp³-hybridized carbons (Fsp3) is 0.562. The highest BCUT2D eigenvalue weighted by atomic mass is 16.5. The third kappa shape index (κ3) is 2.68. The summed E-state index contributed by atoms with van der Waals surface area (Å²) in [7, 11) is 1.68. The van der Waals surface area contributed by atoms with Crippen molar-refractivity contribution in [2.75, 3.05) is 18.6 Å². The van der Waals surface area contributed by atoms with Crippen molar-refractivity contribution in [1.29, 1.82) is 5.26 Å². The third-order valence-electron chi connectivity index (χ3n) is 4.35. The highest BCUT2D eigenvalue weighted by Gasteiger charge is 2.38. The summed E-state index contributed by atoms with van der Waals surface area (Å²) in [6.07, 6.45) is 2.94. The molecule has 19 heavy (non-hydrogen) atoms. The summed E-state index contributed by atoms with van der Waals surface area (Å²) in [5.74, 6) is 1.32. The Hall–Kier alpha value is -1.69. The van der Waals surface area contributed by atoms with Crippen molar-refractivity contribution < 1.29 is 4.74 Å². The molecule has 0 spiro atoms. The molecular weight excluding hydrogens is 236 g/mol. The van der Waals surface area contributed by atoms with Gasteiger partial charge in [0.05, 0.1) is 13.2 Å². The Morgan fingerprint density at radius 3 is 2.63 bits per heavy atom. The number of hydrogen-bond donors (Lipinski definition) is 0. The Labute approximate surface area is 115 Å². The summed E-state index contributed by atoms with van der Waals surface area (Å²) in [5.41, 5.74) is 1.25. The maximum Gasteiger partial charge on any atom is 0.119 e. The lowest BCUT2D eigenvalue weighted by molar-refractivity contribution is 0.242. The van der Waals surface area contributed by atoms with Crippen LogP contribution in [-0.2, 0) is 0 Å². The summed E-state index contributed by atoms with van der Waals surface area (Å²) < 4.78 is 5.21. The molecule has 0 aromatic heterocycles. The Kier molecular flexibility index (Phi) is 3.99. The van der Waals surface area contributed by atoms with Crippen molar-refractivity contribution in [3.05, 3.63) is 24.3 Å². The molecule has 1 atom stereocenters. The van der Waals surface area contributed by atoms with Gasteiger partial charge in [0.2, 0.25) is 0 Å². The zero-order chi connectivity index (χ0) is 13.9. The predicted molar refractivity (Wildman–Crippen MR) is 77.4 cm³/mol. The molecule has 102 valence electrons. The molecule has 1 aliphatic rings. The number of nitriles is 1. The van der Waals surface area contributed by atoms with Crippen molar-refractivity contribution in [2.24, 2.45) is 5.92 Å². The Balaban J connectivity index is 2.24. The first-order chi connectivity index (χ1) is 9.09. The number of ether oxygens (including phenoxy) is 1. The van der Waals surface area contributed by atoms with Crippen molar-refractivity contribution in [2.45, 2.75) is 38.6 Å². The molecule has 0 N–H and O–H groups in total. The van der Waals surface area contributed by atoms with E-state index in [1.54, 1.807) is 7.11 Å². The highest BCUT2D eigenvalue weighted by molar-refractivity contribution is 5.51. The minimum atomic E-state index is 0.0303. The van der Waals surface area contributed by atoms with E-state index in [0.717, 1.165) is 25.1 Å². The summed E-state index contributed by atoms with van der Waals surface area (Å²) in [5, 5.41) is 8.99. The molecule has 1 saturated heterocycles. The van der Waals surface area contributed by atoms with Crippen molar-refractivity contribution in [3.63, 3.8) is 0 Å². The van der Waals surface area contributed by atoms with Crippen LogP contribution in [0.25, 0.3) is 0 Å². The Bertz CT molecular complexity index is 459. The van der Waals surface area contributed by atoms with Gasteiger partial charge in [0, 0.05) is 24.2 Å². The fourth-order valence-electron chi connectivity index (χ4n) is 3.04. The first-order valence-corrected chi connectivity index (χ1v) is 6.88. The smallest absolute Gasteiger partial charge is 0.119 e. The van der Waals surface area contributed by atoms with E-state index < -0.39 is 0 Å². The van der Waals surface area contributed by atoms with Gasteiger partial charge >= 0.3 is 0 Å². The molecule has 1 unspecified atom stereocenters. The molecule has 0 bridgehead atoms. The lowest BCUT2D eigenvalue weighted by atomic mass is 9.77. The SMILES string of the molecule is COc1ccc(N2CCCC(CC#N)C2(C)C)cc1. The first-order valence-electron chi connectivity index (χ1n) is 6.88. The monoisotopic (exact) mass is 258 g/mol. The van der Waals surface area contributed by atoms with Gasteiger partial charge in [0.25, 0.3) is 0 Å². The third-order valence-corrected chi connectivity index (χ3v) is 4.35. The van der Waals surface area contributed by atoms with Crippen LogP contribution in [0.15, 0.2) is 24.3 Å². The van der Waals surface area contributed by atoms with Gasteiger partial charge in [-0.1, -0.05) is 0 Å². The normalized spacial score (nSPS) is 21.8. The molecule has 0 radical (unpaired) electrons. The number of hydrogen-bond acceptors (Lipinski definition) is 3. The van der Waals surface area contributed by atoms with E-state index in [0.29, 0.717) is 12.3 Å². The summed E-state index contributed by atoms with van der Waals surface area (Å²) in [6.45, 7) is 5.55. The largest absolute Gasteiger partial charge is 0.497 e. The minimum absolute atomic E-state index is 0.0303. The van der Waals surface area contributed by atoms with Crippen LogP contribution in [0.1, 0.15) is 33.1 Å². The van der Waals surface area contributed by atoms with Crippen LogP contribution < -0.4 is 9.64 Å². The minimum Gasteiger partial charge on any atom is -0.497 e. The molecule has 3 heteroatoms. The van der Waals surface area contributed by atoms with E-state index in [1.165, 1.54) is 5.69 Å². The number of benzene rings is 1. The molecule has 1 aromatic carbocycles. The van der Waals surface area contributed by atoms with Crippen molar-refractivity contribution in [3.8, 4) is 11.8 Å².